The van der Waals surface area contributed by atoms with Crippen molar-refractivity contribution in [1.29, 1.82) is 0 Å². The normalized spacial score (nSPS) is 17.0. The van der Waals surface area contributed by atoms with E-state index in [9.17, 15) is 0 Å². The minimum atomic E-state index is 0.370. The molecule has 1 fully saturated rings. The van der Waals surface area contributed by atoms with Crippen LogP contribution in [0.2, 0.25) is 0 Å². The highest BCUT2D eigenvalue weighted by Gasteiger charge is 2.11. The molecule has 0 radical (unpaired) electrons. The van der Waals surface area contributed by atoms with Gasteiger partial charge in [0.2, 0.25) is 0 Å². The second kappa shape index (κ2) is 8.32. The number of hydrogen-bond donors (Lipinski definition) is 2. The van der Waals surface area contributed by atoms with E-state index in [-0.39, 0.29) is 0 Å². The summed E-state index contributed by atoms with van der Waals surface area (Å²) < 4.78 is 0. The molecular weight excluding hydrogens is 260 g/mol. The van der Waals surface area contributed by atoms with Gasteiger partial charge in [-0.2, -0.15) is 0 Å². The Hall–Kier alpha value is -1.16. The SMILES string of the molecule is Cc1cc(NCCNC2CCCCCC2)nc(C(C)C)n1. The van der Waals surface area contributed by atoms with E-state index in [4.69, 9.17) is 0 Å². The van der Waals surface area contributed by atoms with Gasteiger partial charge in [0.05, 0.1) is 0 Å². The zero-order valence-electron chi connectivity index (χ0n) is 13.8. The topological polar surface area (TPSA) is 49.8 Å². The van der Waals surface area contributed by atoms with E-state index in [1.807, 2.05) is 13.0 Å². The van der Waals surface area contributed by atoms with Crippen molar-refractivity contribution in [2.75, 3.05) is 18.4 Å². The number of hydrogen-bond acceptors (Lipinski definition) is 4. The first-order valence-corrected chi connectivity index (χ1v) is 8.48. The van der Waals surface area contributed by atoms with E-state index < -0.39 is 0 Å². The van der Waals surface area contributed by atoms with Gasteiger partial charge in [-0.15, -0.1) is 0 Å². The minimum absolute atomic E-state index is 0.370. The molecule has 1 saturated carbocycles. The van der Waals surface area contributed by atoms with E-state index in [0.717, 1.165) is 30.4 Å². The fourth-order valence-corrected chi connectivity index (χ4v) is 2.89. The van der Waals surface area contributed by atoms with Crippen LogP contribution in [0.5, 0.6) is 0 Å². The predicted octanol–water partition coefficient (Wildman–Crippen LogP) is 3.63. The summed E-state index contributed by atoms with van der Waals surface area (Å²) in [4.78, 5) is 9.06. The van der Waals surface area contributed by atoms with Gasteiger partial charge in [0.15, 0.2) is 0 Å². The molecule has 0 amide bonds. The molecule has 1 aromatic rings. The van der Waals surface area contributed by atoms with Crippen molar-refractivity contribution in [2.24, 2.45) is 0 Å². The first-order chi connectivity index (χ1) is 10.1. The monoisotopic (exact) mass is 290 g/mol. The Kier molecular flexibility index (Phi) is 6.43. The van der Waals surface area contributed by atoms with Crippen LogP contribution in [-0.4, -0.2) is 29.1 Å². The summed E-state index contributed by atoms with van der Waals surface area (Å²) in [7, 11) is 0. The Morgan fingerprint density at radius 2 is 1.81 bits per heavy atom. The van der Waals surface area contributed by atoms with Gasteiger partial charge >= 0.3 is 0 Å². The lowest BCUT2D eigenvalue weighted by atomic mass is 10.1. The fraction of sp³-hybridized carbons (Fsp3) is 0.765. The third kappa shape index (κ3) is 5.62. The third-order valence-electron chi connectivity index (χ3n) is 4.11. The van der Waals surface area contributed by atoms with Gasteiger partial charge in [-0.25, -0.2) is 9.97 Å². The maximum Gasteiger partial charge on any atom is 0.133 e. The lowest BCUT2D eigenvalue weighted by Gasteiger charge is -2.16. The van der Waals surface area contributed by atoms with Crippen LogP contribution in [0.25, 0.3) is 0 Å². The van der Waals surface area contributed by atoms with Crippen LogP contribution in [0.3, 0.4) is 0 Å². The number of nitrogens with one attached hydrogen (secondary N) is 2. The Balaban J connectivity index is 1.75. The average Bonchev–Trinajstić information content (AvgIpc) is 2.71. The van der Waals surface area contributed by atoms with Crippen molar-refractivity contribution in [1.82, 2.24) is 15.3 Å². The summed E-state index contributed by atoms with van der Waals surface area (Å²) in [5.74, 6) is 2.25. The Labute approximate surface area is 129 Å². The zero-order valence-corrected chi connectivity index (χ0v) is 13.8. The molecule has 0 aliphatic heterocycles. The minimum Gasteiger partial charge on any atom is -0.369 e. The molecule has 4 nitrogen and oxygen atoms in total. The largest absolute Gasteiger partial charge is 0.369 e. The van der Waals surface area contributed by atoms with Crippen LogP contribution in [0.4, 0.5) is 5.82 Å². The number of aryl methyl sites for hydroxylation is 1. The van der Waals surface area contributed by atoms with Gasteiger partial charge in [-0.1, -0.05) is 39.5 Å². The van der Waals surface area contributed by atoms with Gasteiger partial charge in [-0.05, 0) is 19.8 Å². The van der Waals surface area contributed by atoms with Crippen LogP contribution < -0.4 is 10.6 Å². The van der Waals surface area contributed by atoms with Gasteiger partial charge < -0.3 is 10.6 Å². The smallest absolute Gasteiger partial charge is 0.133 e. The van der Waals surface area contributed by atoms with E-state index in [1.54, 1.807) is 0 Å². The number of rotatable bonds is 6. The van der Waals surface area contributed by atoms with Crippen LogP contribution in [0.15, 0.2) is 6.07 Å². The molecule has 2 rings (SSSR count). The summed E-state index contributed by atoms with van der Waals surface area (Å²) in [6.45, 7) is 8.22. The second-order valence-electron chi connectivity index (χ2n) is 6.48. The maximum absolute atomic E-state index is 4.58. The molecule has 2 N–H and O–H groups in total. The predicted molar refractivity (Wildman–Crippen MR) is 88.8 cm³/mol. The molecule has 0 saturated heterocycles. The molecule has 4 heteroatoms. The lowest BCUT2D eigenvalue weighted by Crippen LogP contribution is -2.32. The van der Waals surface area contributed by atoms with E-state index in [2.05, 4.69) is 34.4 Å². The molecule has 1 heterocycles. The Morgan fingerprint density at radius 3 is 2.48 bits per heavy atom. The molecule has 1 aliphatic carbocycles. The van der Waals surface area contributed by atoms with Crippen LogP contribution >= 0.6 is 0 Å². The van der Waals surface area contributed by atoms with Crippen LogP contribution in [0, 0.1) is 6.92 Å². The van der Waals surface area contributed by atoms with Crippen molar-refractivity contribution < 1.29 is 0 Å². The third-order valence-corrected chi connectivity index (χ3v) is 4.11. The van der Waals surface area contributed by atoms with Gasteiger partial charge in [0, 0.05) is 36.8 Å². The van der Waals surface area contributed by atoms with E-state index in [1.165, 1.54) is 38.5 Å². The summed E-state index contributed by atoms with van der Waals surface area (Å²) in [6.07, 6.45) is 8.26. The van der Waals surface area contributed by atoms with Crippen LogP contribution in [0.1, 0.15) is 69.8 Å². The molecule has 0 spiro atoms. The fourth-order valence-electron chi connectivity index (χ4n) is 2.89. The highest BCUT2D eigenvalue weighted by atomic mass is 15.1. The van der Waals surface area contributed by atoms with Gasteiger partial charge in [0.25, 0.3) is 0 Å². The Morgan fingerprint density at radius 1 is 1.10 bits per heavy atom. The van der Waals surface area contributed by atoms with Crippen molar-refractivity contribution >= 4 is 5.82 Å². The molecule has 0 aromatic carbocycles. The zero-order chi connectivity index (χ0) is 15.1. The van der Waals surface area contributed by atoms with Gasteiger partial charge in [-0.3, -0.25) is 0 Å². The summed E-state index contributed by atoms with van der Waals surface area (Å²) in [5.41, 5.74) is 1.04. The van der Waals surface area contributed by atoms with Gasteiger partial charge in [0.1, 0.15) is 11.6 Å². The first-order valence-electron chi connectivity index (χ1n) is 8.48. The number of nitrogens with zero attached hydrogens (tertiary/aromatic N) is 2. The summed E-state index contributed by atoms with van der Waals surface area (Å²) >= 11 is 0. The highest BCUT2D eigenvalue weighted by Crippen LogP contribution is 2.17. The lowest BCUT2D eigenvalue weighted by molar-refractivity contribution is 0.468. The highest BCUT2D eigenvalue weighted by molar-refractivity contribution is 5.36. The number of aromatic nitrogens is 2. The van der Waals surface area contributed by atoms with Crippen LogP contribution in [-0.2, 0) is 0 Å². The number of anilines is 1. The molecule has 1 aromatic heterocycles. The average molecular weight is 290 g/mol. The van der Waals surface area contributed by atoms with Crippen molar-refractivity contribution in [3.8, 4) is 0 Å². The molecular formula is C17H30N4. The summed E-state index contributed by atoms with van der Waals surface area (Å²) in [6, 6.07) is 2.74. The quantitative estimate of drug-likeness (QED) is 0.620. The van der Waals surface area contributed by atoms with Crippen molar-refractivity contribution in [3.63, 3.8) is 0 Å². The molecule has 0 atom stereocenters. The standard InChI is InChI=1S/C17H30N4/c1-13(2)17-20-14(3)12-16(21-17)19-11-10-18-15-8-6-4-5-7-9-15/h12-13,15,18H,4-11H2,1-3H3,(H,19,20,21). The molecule has 1 aliphatic rings. The van der Waals surface area contributed by atoms with E-state index >= 15 is 0 Å². The molecule has 0 bridgehead atoms. The molecule has 21 heavy (non-hydrogen) atoms. The maximum atomic E-state index is 4.58. The molecule has 118 valence electrons. The van der Waals surface area contributed by atoms with Crippen molar-refractivity contribution in [2.45, 2.75) is 71.3 Å². The first kappa shape index (κ1) is 16.2. The second-order valence-corrected chi connectivity index (χ2v) is 6.48. The van der Waals surface area contributed by atoms with Crippen molar-refractivity contribution in [3.05, 3.63) is 17.6 Å². The molecule has 0 unspecified atom stereocenters. The summed E-state index contributed by atoms with van der Waals surface area (Å²) in [5, 5.41) is 7.10. The van der Waals surface area contributed by atoms with E-state index in [0.29, 0.717) is 12.0 Å². The Bertz CT molecular complexity index is 423.